The highest BCUT2D eigenvalue weighted by Gasteiger charge is 2.20. The maximum atomic E-state index is 11.2. The third-order valence-corrected chi connectivity index (χ3v) is 4.75. The van der Waals surface area contributed by atoms with E-state index in [0.29, 0.717) is 10.8 Å². The molecular weight excluding hydrogens is 258 g/mol. The van der Waals surface area contributed by atoms with E-state index < -0.39 is 0 Å². The number of aromatic nitrogens is 1. The van der Waals surface area contributed by atoms with Crippen LogP contribution in [-0.2, 0) is 0 Å². The molecule has 0 aliphatic carbocycles. The summed E-state index contributed by atoms with van der Waals surface area (Å²) >= 11 is 1.39. The summed E-state index contributed by atoms with van der Waals surface area (Å²) in [5.74, 6) is 0.129. The zero-order valence-electron chi connectivity index (χ0n) is 10.9. The number of carbonyl (C=O) groups is 1. The van der Waals surface area contributed by atoms with Crippen molar-refractivity contribution in [2.45, 2.75) is 18.8 Å². The van der Waals surface area contributed by atoms with Crippen LogP contribution in [0.15, 0.2) is 18.2 Å². The van der Waals surface area contributed by atoms with Crippen molar-refractivity contribution in [1.29, 1.82) is 0 Å². The fourth-order valence-corrected chi connectivity index (χ4v) is 3.58. The van der Waals surface area contributed by atoms with Gasteiger partial charge in [-0.3, -0.25) is 4.79 Å². The van der Waals surface area contributed by atoms with E-state index in [0.717, 1.165) is 22.5 Å². The number of nitrogens with two attached hydrogens (primary N) is 1. The summed E-state index contributed by atoms with van der Waals surface area (Å²) in [5.41, 5.74) is 6.45. The molecule has 1 unspecified atom stereocenters. The molecule has 5 heteroatoms. The molecule has 0 spiro atoms. The van der Waals surface area contributed by atoms with Crippen LogP contribution in [0.3, 0.4) is 0 Å². The number of primary amides is 1. The van der Waals surface area contributed by atoms with Crippen molar-refractivity contribution in [3.63, 3.8) is 0 Å². The van der Waals surface area contributed by atoms with Gasteiger partial charge in [0, 0.05) is 23.5 Å². The molecule has 0 radical (unpaired) electrons. The largest absolute Gasteiger partial charge is 0.365 e. The molecule has 2 N–H and O–H groups in total. The van der Waals surface area contributed by atoms with Crippen LogP contribution in [0.5, 0.6) is 0 Å². The molecule has 0 saturated carbocycles. The summed E-state index contributed by atoms with van der Waals surface area (Å²) < 4.78 is 0. The predicted octanol–water partition coefficient (Wildman–Crippen LogP) is 2.20. The summed E-state index contributed by atoms with van der Waals surface area (Å²) in [6.45, 7) is 2.23. The molecular formula is C14H17N3OS. The summed E-state index contributed by atoms with van der Waals surface area (Å²) in [7, 11) is 2.15. The van der Waals surface area contributed by atoms with Crippen LogP contribution in [0.2, 0.25) is 0 Å². The maximum absolute atomic E-state index is 11.2. The van der Waals surface area contributed by atoms with E-state index in [1.54, 1.807) is 0 Å². The molecule has 1 aliphatic heterocycles. The van der Waals surface area contributed by atoms with Crippen LogP contribution < -0.4 is 5.73 Å². The van der Waals surface area contributed by atoms with Gasteiger partial charge in [0.2, 0.25) is 0 Å². The van der Waals surface area contributed by atoms with Gasteiger partial charge in [-0.05, 0) is 38.6 Å². The Balaban J connectivity index is 1.94. The lowest BCUT2D eigenvalue weighted by Gasteiger charge is -2.29. The predicted molar refractivity (Wildman–Crippen MR) is 77.6 cm³/mol. The Kier molecular flexibility index (Phi) is 3.24. The fraction of sp³-hybridized carbons (Fsp3) is 0.429. The number of rotatable bonds is 2. The molecule has 2 aromatic heterocycles. The quantitative estimate of drug-likeness (QED) is 0.914. The molecule has 1 saturated heterocycles. The smallest absolute Gasteiger partial charge is 0.258 e. The van der Waals surface area contributed by atoms with E-state index in [9.17, 15) is 4.79 Å². The van der Waals surface area contributed by atoms with Crippen LogP contribution in [0.1, 0.15) is 34.1 Å². The van der Waals surface area contributed by atoms with Gasteiger partial charge in [-0.1, -0.05) is 6.07 Å². The van der Waals surface area contributed by atoms with Gasteiger partial charge in [-0.25, -0.2) is 4.98 Å². The summed E-state index contributed by atoms with van der Waals surface area (Å²) in [6, 6.07) is 5.96. The van der Waals surface area contributed by atoms with Gasteiger partial charge in [0.1, 0.15) is 4.83 Å². The highest BCUT2D eigenvalue weighted by atomic mass is 32.1. The van der Waals surface area contributed by atoms with Gasteiger partial charge in [0.25, 0.3) is 5.91 Å². The molecule has 1 amide bonds. The second-order valence-corrected chi connectivity index (χ2v) is 6.24. The first-order valence-corrected chi connectivity index (χ1v) is 7.34. The molecule has 100 valence electrons. The first-order chi connectivity index (χ1) is 9.13. The lowest BCUT2D eigenvalue weighted by Crippen LogP contribution is -2.31. The Bertz CT molecular complexity index is 622. The molecule has 1 atom stereocenters. The van der Waals surface area contributed by atoms with Crippen molar-refractivity contribution in [3.05, 3.63) is 28.8 Å². The van der Waals surface area contributed by atoms with Gasteiger partial charge >= 0.3 is 0 Å². The minimum atomic E-state index is -0.373. The van der Waals surface area contributed by atoms with Crippen LogP contribution in [0.4, 0.5) is 0 Å². The van der Waals surface area contributed by atoms with E-state index in [-0.39, 0.29) is 5.91 Å². The zero-order chi connectivity index (χ0) is 13.4. The Hall–Kier alpha value is -1.46. The number of hydrogen-bond donors (Lipinski definition) is 1. The number of pyridine rings is 1. The summed E-state index contributed by atoms with van der Waals surface area (Å²) in [4.78, 5) is 19.8. The number of piperidine rings is 1. The molecule has 1 fully saturated rings. The van der Waals surface area contributed by atoms with Crippen molar-refractivity contribution in [1.82, 2.24) is 9.88 Å². The van der Waals surface area contributed by atoms with Crippen LogP contribution in [0, 0.1) is 0 Å². The standard InChI is InChI=1S/C14H17N3OS/c1-17-6-2-3-10(8-17)11-5-4-9-7-12(13(15)18)19-14(9)16-11/h4-5,7,10H,2-3,6,8H2,1H3,(H2,15,18). The normalized spacial score (nSPS) is 20.8. The monoisotopic (exact) mass is 275 g/mol. The molecule has 0 aromatic carbocycles. The van der Waals surface area contributed by atoms with Crippen molar-refractivity contribution < 1.29 is 4.79 Å². The number of hydrogen-bond acceptors (Lipinski definition) is 4. The first kappa shape index (κ1) is 12.6. The first-order valence-electron chi connectivity index (χ1n) is 6.52. The van der Waals surface area contributed by atoms with Crippen molar-refractivity contribution in [3.8, 4) is 0 Å². The summed E-state index contributed by atoms with van der Waals surface area (Å²) in [5, 5.41) is 1.01. The molecule has 1 aliphatic rings. The number of nitrogens with zero attached hydrogens (tertiary/aromatic N) is 2. The van der Waals surface area contributed by atoms with Gasteiger partial charge in [-0.15, -0.1) is 11.3 Å². The van der Waals surface area contributed by atoms with E-state index >= 15 is 0 Å². The highest BCUT2D eigenvalue weighted by molar-refractivity contribution is 7.20. The van der Waals surface area contributed by atoms with Crippen molar-refractivity contribution in [2.24, 2.45) is 5.73 Å². The van der Waals surface area contributed by atoms with E-state index in [4.69, 9.17) is 10.7 Å². The average Bonchev–Trinajstić information content (AvgIpc) is 2.81. The molecule has 4 nitrogen and oxygen atoms in total. The molecule has 19 heavy (non-hydrogen) atoms. The molecule has 3 rings (SSSR count). The Morgan fingerprint density at radius 3 is 3.11 bits per heavy atom. The average molecular weight is 275 g/mol. The van der Waals surface area contributed by atoms with Crippen LogP contribution in [0.25, 0.3) is 10.2 Å². The number of amides is 1. The minimum Gasteiger partial charge on any atom is -0.365 e. The third-order valence-electron chi connectivity index (χ3n) is 3.69. The number of likely N-dealkylation sites (tertiary alicyclic amines) is 1. The Morgan fingerprint density at radius 2 is 2.37 bits per heavy atom. The second-order valence-electron chi connectivity index (χ2n) is 5.21. The zero-order valence-corrected chi connectivity index (χ0v) is 11.7. The van der Waals surface area contributed by atoms with Gasteiger partial charge in [-0.2, -0.15) is 0 Å². The van der Waals surface area contributed by atoms with E-state index in [1.165, 1.54) is 30.7 Å². The Morgan fingerprint density at radius 1 is 1.53 bits per heavy atom. The minimum absolute atomic E-state index is 0.373. The lowest BCUT2D eigenvalue weighted by atomic mass is 9.94. The van der Waals surface area contributed by atoms with Crippen LogP contribution in [-0.4, -0.2) is 35.9 Å². The summed E-state index contributed by atoms with van der Waals surface area (Å²) in [6.07, 6.45) is 2.41. The number of likely N-dealkylation sites (N-methyl/N-ethyl adjacent to an activating group) is 1. The lowest BCUT2D eigenvalue weighted by molar-refractivity contribution is 0.100. The number of thiophene rings is 1. The number of fused-ring (bicyclic) bond motifs is 1. The van der Waals surface area contributed by atoms with Gasteiger partial charge < -0.3 is 10.6 Å². The van der Waals surface area contributed by atoms with Crippen molar-refractivity contribution in [2.75, 3.05) is 20.1 Å². The van der Waals surface area contributed by atoms with Crippen LogP contribution >= 0.6 is 11.3 Å². The van der Waals surface area contributed by atoms with Gasteiger partial charge in [0.05, 0.1) is 4.88 Å². The maximum Gasteiger partial charge on any atom is 0.258 e. The molecule has 0 bridgehead atoms. The Labute approximate surface area is 116 Å². The number of carbonyl (C=O) groups excluding carboxylic acids is 1. The SMILES string of the molecule is CN1CCCC(c2ccc3cc(C(N)=O)sc3n2)C1. The molecule has 2 aromatic rings. The highest BCUT2D eigenvalue weighted by Crippen LogP contribution is 2.29. The second kappa shape index (κ2) is 4.90. The van der Waals surface area contributed by atoms with Gasteiger partial charge in [0.15, 0.2) is 0 Å². The van der Waals surface area contributed by atoms with E-state index in [1.807, 2.05) is 6.07 Å². The fourth-order valence-electron chi connectivity index (χ4n) is 2.69. The van der Waals surface area contributed by atoms with E-state index in [2.05, 4.69) is 24.1 Å². The third kappa shape index (κ3) is 2.48. The topological polar surface area (TPSA) is 59.2 Å². The van der Waals surface area contributed by atoms with Crippen molar-refractivity contribution >= 4 is 27.5 Å². The molecule has 3 heterocycles.